The molecule has 0 saturated heterocycles. The van der Waals surface area contributed by atoms with E-state index in [1.807, 2.05) is 12.1 Å². The molecule has 0 aliphatic heterocycles. The van der Waals surface area contributed by atoms with Crippen LogP contribution in [0.2, 0.25) is 5.02 Å². The number of esters is 1. The first kappa shape index (κ1) is 16.0. The van der Waals surface area contributed by atoms with Crippen LogP contribution in [0, 0.1) is 0 Å². The van der Waals surface area contributed by atoms with Crippen molar-refractivity contribution in [3.05, 3.63) is 63.0 Å². The van der Waals surface area contributed by atoms with Crippen LogP contribution in [0.1, 0.15) is 5.69 Å². The van der Waals surface area contributed by atoms with Gasteiger partial charge in [0.2, 0.25) is 0 Å². The second-order valence-electron chi connectivity index (χ2n) is 4.54. The van der Waals surface area contributed by atoms with Crippen LogP contribution in [0.15, 0.2) is 51.6 Å². The molecule has 0 aliphatic carbocycles. The van der Waals surface area contributed by atoms with E-state index in [4.69, 9.17) is 16.3 Å². The zero-order valence-corrected chi connectivity index (χ0v) is 14.2. The fourth-order valence-corrected chi connectivity index (χ4v) is 3.39. The fraction of sp³-hybridized carbons (Fsp3) is 0.133. The van der Waals surface area contributed by atoms with Crippen molar-refractivity contribution in [1.82, 2.24) is 9.38 Å². The topological polar surface area (TPSA) is 60.7 Å². The van der Waals surface area contributed by atoms with Crippen LogP contribution >= 0.6 is 34.7 Å². The molecule has 0 fully saturated rings. The summed E-state index contributed by atoms with van der Waals surface area (Å²) in [6.45, 7) is -0.0103. The minimum atomic E-state index is -0.363. The van der Waals surface area contributed by atoms with Gasteiger partial charge in [0.25, 0.3) is 5.56 Å². The number of hydrogen-bond acceptors (Lipinski definition) is 6. The van der Waals surface area contributed by atoms with Gasteiger partial charge < -0.3 is 4.74 Å². The van der Waals surface area contributed by atoms with Gasteiger partial charge in [-0.25, -0.2) is 4.98 Å². The first-order valence-electron chi connectivity index (χ1n) is 6.61. The van der Waals surface area contributed by atoms with Crippen LogP contribution in [0.3, 0.4) is 0 Å². The Morgan fingerprint density at radius 3 is 2.91 bits per heavy atom. The van der Waals surface area contributed by atoms with Crippen molar-refractivity contribution in [3.63, 3.8) is 0 Å². The van der Waals surface area contributed by atoms with Gasteiger partial charge in [0.1, 0.15) is 6.61 Å². The SMILES string of the molecule is O=C(CSc1ccc(Cl)cc1)OCc1cc(=O)n2ccsc2n1. The van der Waals surface area contributed by atoms with Gasteiger partial charge in [-0.3, -0.25) is 14.0 Å². The fourth-order valence-electron chi connectivity index (χ4n) is 1.83. The van der Waals surface area contributed by atoms with Gasteiger partial charge in [-0.05, 0) is 24.3 Å². The van der Waals surface area contributed by atoms with Crippen molar-refractivity contribution in [1.29, 1.82) is 0 Å². The number of nitrogens with zero attached hydrogens (tertiary/aromatic N) is 2. The van der Waals surface area contributed by atoms with Gasteiger partial charge in [0.15, 0.2) is 4.96 Å². The number of ether oxygens (including phenoxy) is 1. The van der Waals surface area contributed by atoms with E-state index in [1.54, 1.807) is 23.7 Å². The molecule has 5 nitrogen and oxygen atoms in total. The summed E-state index contributed by atoms with van der Waals surface area (Å²) < 4.78 is 6.61. The van der Waals surface area contributed by atoms with Crippen molar-refractivity contribution in [3.8, 4) is 0 Å². The smallest absolute Gasteiger partial charge is 0.316 e. The second kappa shape index (κ2) is 7.16. The lowest BCUT2D eigenvalue weighted by molar-refractivity contribution is -0.141. The number of hydrogen-bond donors (Lipinski definition) is 0. The minimum Gasteiger partial charge on any atom is -0.459 e. The molecule has 2 heterocycles. The quantitative estimate of drug-likeness (QED) is 0.512. The molecule has 118 valence electrons. The molecule has 0 aliphatic rings. The third-order valence-corrected chi connectivity index (χ3v) is 4.90. The van der Waals surface area contributed by atoms with Crippen molar-refractivity contribution >= 4 is 45.6 Å². The van der Waals surface area contributed by atoms with Crippen molar-refractivity contribution in [2.75, 3.05) is 5.75 Å². The molecule has 0 atom stereocenters. The van der Waals surface area contributed by atoms with E-state index in [0.29, 0.717) is 15.7 Å². The standard InChI is InChI=1S/C15H11ClN2O3S2/c16-10-1-3-12(4-2-10)23-9-14(20)21-8-11-7-13(19)18-5-6-22-15(18)17-11/h1-7H,8-9H2. The molecule has 0 saturated carbocycles. The first-order valence-corrected chi connectivity index (χ1v) is 8.86. The van der Waals surface area contributed by atoms with Crippen LogP contribution < -0.4 is 5.56 Å². The number of fused-ring (bicyclic) bond motifs is 1. The lowest BCUT2D eigenvalue weighted by Crippen LogP contribution is -2.15. The Hall–Kier alpha value is -1.83. The zero-order valence-electron chi connectivity index (χ0n) is 11.8. The summed E-state index contributed by atoms with van der Waals surface area (Å²) >= 11 is 8.52. The number of benzene rings is 1. The summed E-state index contributed by atoms with van der Waals surface area (Å²) in [5.41, 5.74) is 0.264. The Labute approximate surface area is 144 Å². The number of thiazole rings is 1. The largest absolute Gasteiger partial charge is 0.459 e. The molecule has 0 radical (unpaired) electrons. The van der Waals surface area contributed by atoms with E-state index in [9.17, 15) is 9.59 Å². The number of thioether (sulfide) groups is 1. The van der Waals surface area contributed by atoms with E-state index < -0.39 is 0 Å². The third-order valence-electron chi connectivity index (χ3n) is 2.91. The molecule has 0 amide bonds. The number of carbonyl (C=O) groups excluding carboxylic acids is 1. The van der Waals surface area contributed by atoms with Crippen molar-refractivity contribution in [2.45, 2.75) is 11.5 Å². The second-order valence-corrected chi connectivity index (χ2v) is 6.90. The maximum absolute atomic E-state index is 11.8. The van der Waals surface area contributed by atoms with Crippen molar-refractivity contribution < 1.29 is 9.53 Å². The highest BCUT2D eigenvalue weighted by molar-refractivity contribution is 8.00. The number of aromatic nitrogens is 2. The van der Waals surface area contributed by atoms with Crippen molar-refractivity contribution in [2.24, 2.45) is 0 Å². The van der Waals surface area contributed by atoms with E-state index in [-0.39, 0.29) is 23.9 Å². The van der Waals surface area contributed by atoms with Crippen LogP contribution in [-0.4, -0.2) is 21.1 Å². The summed E-state index contributed by atoms with van der Waals surface area (Å²) in [5, 5.41) is 2.43. The monoisotopic (exact) mass is 366 g/mol. The minimum absolute atomic E-state index is 0.0103. The predicted octanol–water partition coefficient (Wildman–Crippen LogP) is 3.24. The highest BCUT2D eigenvalue weighted by atomic mass is 35.5. The lowest BCUT2D eigenvalue weighted by atomic mass is 10.4. The van der Waals surface area contributed by atoms with E-state index >= 15 is 0 Å². The summed E-state index contributed by atoms with van der Waals surface area (Å²) in [4.78, 5) is 29.4. The molecule has 3 aromatic rings. The molecule has 3 rings (SSSR count). The Morgan fingerprint density at radius 2 is 2.13 bits per heavy atom. The van der Waals surface area contributed by atoms with Gasteiger partial charge in [0.05, 0.1) is 11.4 Å². The van der Waals surface area contributed by atoms with Crippen LogP contribution in [0.4, 0.5) is 0 Å². The number of rotatable bonds is 5. The molecule has 0 spiro atoms. The Bertz CT molecular complexity index is 890. The molecular formula is C15H11ClN2O3S2. The van der Waals surface area contributed by atoms with Crippen LogP contribution in [0.5, 0.6) is 0 Å². The third kappa shape index (κ3) is 4.13. The predicted molar refractivity (Wildman–Crippen MR) is 91.3 cm³/mol. The van der Waals surface area contributed by atoms with Gasteiger partial charge >= 0.3 is 5.97 Å². The summed E-state index contributed by atoms with van der Waals surface area (Å²) in [6, 6.07) is 8.59. The number of carbonyl (C=O) groups is 1. The van der Waals surface area contributed by atoms with Gasteiger partial charge in [-0.2, -0.15) is 0 Å². The summed E-state index contributed by atoms with van der Waals surface area (Å²) in [6.07, 6.45) is 1.66. The van der Waals surface area contributed by atoms with E-state index in [1.165, 1.54) is 33.6 Å². The molecule has 0 N–H and O–H groups in total. The zero-order chi connectivity index (χ0) is 16.2. The number of halogens is 1. The van der Waals surface area contributed by atoms with Crippen LogP contribution in [-0.2, 0) is 16.1 Å². The Kier molecular flexibility index (Phi) is 5.00. The van der Waals surface area contributed by atoms with Crippen LogP contribution in [0.25, 0.3) is 4.96 Å². The molecule has 0 unspecified atom stereocenters. The highest BCUT2D eigenvalue weighted by Gasteiger charge is 2.08. The van der Waals surface area contributed by atoms with E-state index in [0.717, 1.165) is 4.90 Å². The molecule has 2 aromatic heterocycles. The Balaban J connectivity index is 1.55. The normalized spacial score (nSPS) is 10.8. The van der Waals surface area contributed by atoms with Gasteiger partial charge in [0, 0.05) is 27.6 Å². The van der Waals surface area contributed by atoms with E-state index in [2.05, 4.69) is 4.98 Å². The Morgan fingerprint density at radius 1 is 1.35 bits per heavy atom. The summed E-state index contributed by atoms with van der Waals surface area (Å²) in [7, 11) is 0. The molecular weight excluding hydrogens is 356 g/mol. The maximum atomic E-state index is 11.8. The lowest BCUT2D eigenvalue weighted by Gasteiger charge is -2.05. The average molecular weight is 367 g/mol. The molecule has 1 aromatic carbocycles. The molecule has 0 bridgehead atoms. The molecule has 8 heteroatoms. The molecule has 23 heavy (non-hydrogen) atoms. The highest BCUT2D eigenvalue weighted by Crippen LogP contribution is 2.20. The first-order chi connectivity index (χ1) is 11.1. The summed E-state index contributed by atoms with van der Waals surface area (Å²) in [5.74, 6) is -0.180. The van der Waals surface area contributed by atoms with Gasteiger partial charge in [-0.15, -0.1) is 23.1 Å². The van der Waals surface area contributed by atoms with Gasteiger partial charge in [-0.1, -0.05) is 11.6 Å². The average Bonchev–Trinajstić information content (AvgIpc) is 3.01. The maximum Gasteiger partial charge on any atom is 0.316 e.